The number of nitrogens with zero attached hydrogens (tertiary/aromatic N) is 1. The van der Waals surface area contributed by atoms with Crippen molar-refractivity contribution in [2.24, 2.45) is 5.73 Å². The van der Waals surface area contributed by atoms with Crippen LogP contribution in [-0.4, -0.2) is 52.9 Å². The second-order valence-electron chi connectivity index (χ2n) is 10.5. The Morgan fingerprint density at radius 1 is 1.08 bits per heavy atom. The SMILES string of the molecule is CCN(C(=O)C(CC(N)=O)NC(=O)OC(C)(C)C)C(C(=O)NC1CCCCC1)c1c(C)cccc1C. The van der Waals surface area contributed by atoms with E-state index in [-0.39, 0.29) is 18.5 Å². The topological polar surface area (TPSA) is 131 Å². The molecule has 200 valence electrons. The Morgan fingerprint density at radius 3 is 2.17 bits per heavy atom. The summed E-state index contributed by atoms with van der Waals surface area (Å²) in [6, 6.07) is 3.56. The van der Waals surface area contributed by atoms with Crippen LogP contribution >= 0.6 is 0 Å². The quantitative estimate of drug-likeness (QED) is 0.476. The summed E-state index contributed by atoms with van der Waals surface area (Å²) in [6.07, 6.45) is 3.79. The van der Waals surface area contributed by atoms with E-state index in [4.69, 9.17) is 10.5 Å². The molecule has 36 heavy (non-hydrogen) atoms. The Balaban J connectivity index is 2.45. The number of nitrogens with two attached hydrogens (primary N) is 1. The maximum atomic E-state index is 13.8. The first-order valence-corrected chi connectivity index (χ1v) is 12.8. The summed E-state index contributed by atoms with van der Waals surface area (Å²) in [7, 11) is 0. The highest BCUT2D eigenvalue weighted by atomic mass is 16.6. The van der Waals surface area contributed by atoms with Gasteiger partial charge in [0, 0.05) is 12.6 Å². The average molecular weight is 503 g/mol. The van der Waals surface area contributed by atoms with E-state index < -0.39 is 42.0 Å². The number of rotatable bonds is 9. The highest BCUT2D eigenvalue weighted by Crippen LogP contribution is 2.29. The van der Waals surface area contributed by atoms with Crippen LogP contribution in [0.2, 0.25) is 0 Å². The van der Waals surface area contributed by atoms with Gasteiger partial charge in [0.15, 0.2) is 0 Å². The third-order valence-corrected chi connectivity index (χ3v) is 6.35. The van der Waals surface area contributed by atoms with Gasteiger partial charge in [-0.25, -0.2) is 4.79 Å². The van der Waals surface area contributed by atoms with Gasteiger partial charge in [-0.1, -0.05) is 37.5 Å². The lowest BCUT2D eigenvalue weighted by atomic mass is 9.91. The van der Waals surface area contributed by atoms with E-state index >= 15 is 0 Å². The van der Waals surface area contributed by atoms with Crippen LogP contribution in [0.3, 0.4) is 0 Å². The van der Waals surface area contributed by atoms with Gasteiger partial charge in [0.1, 0.15) is 17.7 Å². The minimum absolute atomic E-state index is 0.0492. The molecule has 9 nitrogen and oxygen atoms in total. The first-order valence-electron chi connectivity index (χ1n) is 12.8. The molecule has 1 aromatic rings. The third-order valence-electron chi connectivity index (χ3n) is 6.35. The fraction of sp³-hybridized carbons (Fsp3) is 0.630. The molecule has 0 aromatic heterocycles. The number of primary amides is 1. The summed E-state index contributed by atoms with van der Waals surface area (Å²) in [5.74, 6) is -1.60. The number of nitrogens with one attached hydrogen (secondary N) is 2. The molecule has 0 heterocycles. The number of likely N-dealkylation sites (N-methyl/N-ethyl adjacent to an activating group) is 1. The molecule has 2 rings (SSSR count). The van der Waals surface area contributed by atoms with Crippen LogP contribution in [0.4, 0.5) is 4.79 Å². The molecule has 4 N–H and O–H groups in total. The van der Waals surface area contributed by atoms with Gasteiger partial charge in [0.05, 0.1) is 6.42 Å². The second-order valence-corrected chi connectivity index (χ2v) is 10.5. The first kappa shape index (κ1) is 29.1. The van der Waals surface area contributed by atoms with Crippen LogP contribution in [0.15, 0.2) is 18.2 Å². The lowest BCUT2D eigenvalue weighted by molar-refractivity contribution is -0.143. The Bertz CT molecular complexity index is 930. The van der Waals surface area contributed by atoms with Crippen molar-refractivity contribution in [3.8, 4) is 0 Å². The van der Waals surface area contributed by atoms with Crippen molar-refractivity contribution in [2.45, 2.75) is 104 Å². The predicted octanol–water partition coefficient (Wildman–Crippen LogP) is 3.41. The number of aryl methyl sites for hydroxylation is 2. The van der Waals surface area contributed by atoms with Crippen LogP contribution in [0.1, 0.15) is 89.0 Å². The van der Waals surface area contributed by atoms with Crippen molar-refractivity contribution >= 4 is 23.8 Å². The van der Waals surface area contributed by atoms with Crippen molar-refractivity contribution in [1.82, 2.24) is 15.5 Å². The summed E-state index contributed by atoms with van der Waals surface area (Å²) in [5, 5.41) is 5.65. The van der Waals surface area contributed by atoms with Crippen LogP contribution in [0, 0.1) is 13.8 Å². The number of carbonyl (C=O) groups is 4. The van der Waals surface area contributed by atoms with E-state index in [1.807, 2.05) is 32.0 Å². The summed E-state index contributed by atoms with van der Waals surface area (Å²) in [4.78, 5) is 53.3. The molecule has 0 radical (unpaired) electrons. The van der Waals surface area contributed by atoms with Gasteiger partial charge in [0.25, 0.3) is 0 Å². The fourth-order valence-corrected chi connectivity index (χ4v) is 4.73. The zero-order valence-corrected chi connectivity index (χ0v) is 22.5. The molecular formula is C27H42N4O5. The molecule has 0 saturated heterocycles. The van der Waals surface area contributed by atoms with Crippen LogP contribution in [0.25, 0.3) is 0 Å². The maximum absolute atomic E-state index is 13.8. The van der Waals surface area contributed by atoms with Gasteiger partial charge in [-0.15, -0.1) is 0 Å². The molecule has 2 atom stereocenters. The monoisotopic (exact) mass is 502 g/mol. The minimum atomic E-state index is -1.27. The number of benzene rings is 1. The average Bonchev–Trinajstić information content (AvgIpc) is 2.76. The Labute approximate surface area is 214 Å². The highest BCUT2D eigenvalue weighted by Gasteiger charge is 2.38. The van der Waals surface area contributed by atoms with Crippen molar-refractivity contribution in [3.63, 3.8) is 0 Å². The van der Waals surface area contributed by atoms with Gasteiger partial charge in [0.2, 0.25) is 17.7 Å². The number of amides is 4. The van der Waals surface area contributed by atoms with Crippen molar-refractivity contribution < 1.29 is 23.9 Å². The number of alkyl carbamates (subject to hydrolysis) is 1. The molecule has 2 unspecified atom stereocenters. The zero-order chi connectivity index (χ0) is 27.0. The molecule has 0 bridgehead atoms. The molecule has 0 aliphatic heterocycles. The van der Waals surface area contributed by atoms with Gasteiger partial charge in [-0.05, 0) is 71.1 Å². The molecule has 1 fully saturated rings. The first-order chi connectivity index (χ1) is 16.8. The molecule has 1 aromatic carbocycles. The van der Waals surface area contributed by atoms with Gasteiger partial charge in [-0.2, -0.15) is 0 Å². The van der Waals surface area contributed by atoms with Crippen molar-refractivity contribution in [1.29, 1.82) is 0 Å². The molecule has 1 saturated carbocycles. The van der Waals surface area contributed by atoms with Crippen LogP contribution in [-0.2, 0) is 19.1 Å². The van der Waals surface area contributed by atoms with E-state index in [2.05, 4.69) is 10.6 Å². The third kappa shape index (κ3) is 8.24. The van der Waals surface area contributed by atoms with E-state index in [0.29, 0.717) is 0 Å². The zero-order valence-electron chi connectivity index (χ0n) is 22.5. The Hall–Kier alpha value is -3.10. The molecule has 1 aliphatic carbocycles. The largest absolute Gasteiger partial charge is 0.444 e. The Kier molecular flexibility index (Phi) is 10.3. The van der Waals surface area contributed by atoms with Crippen LogP contribution < -0.4 is 16.4 Å². The number of carbonyl (C=O) groups excluding carboxylic acids is 4. The summed E-state index contributed by atoms with van der Waals surface area (Å²) in [5.41, 5.74) is 7.09. The highest BCUT2D eigenvalue weighted by molar-refractivity contribution is 5.94. The van der Waals surface area contributed by atoms with Gasteiger partial charge in [-0.3, -0.25) is 14.4 Å². The molecule has 1 aliphatic rings. The second kappa shape index (κ2) is 12.7. The molecule has 9 heteroatoms. The summed E-state index contributed by atoms with van der Waals surface area (Å²) in [6.45, 7) is 10.8. The van der Waals surface area contributed by atoms with E-state index in [0.717, 1.165) is 48.8 Å². The lowest BCUT2D eigenvalue weighted by Crippen LogP contribution is -2.54. The predicted molar refractivity (Wildman–Crippen MR) is 138 cm³/mol. The fourth-order valence-electron chi connectivity index (χ4n) is 4.73. The summed E-state index contributed by atoms with van der Waals surface area (Å²) < 4.78 is 5.29. The summed E-state index contributed by atoms with van der Waals surface area (Å²) >= 11 is 0. The normalized spacial score (nSPS) is 15.9. The van der Waals surface area contributed by atoms with Gasteiger partial charge < -0.3 is 26.0 Å². The van der Waals surface area contributed by atoms with E-state index in [1.54, 1.807) is 27.7 Å². The lowest BCUT2D eigenvalue weighted by Gasteiger charge is -2.36. The minimum Gasteiger partial charge on any atom is -0.444 e. The van der Waals surface area contributed by atoms with E-state index in [1.165, 1.54) is 4.90 Å². The molecule has 4 amide bonds. The molecular weight excluding hydrogens is 460 g/mol. The standard InChI is InChI=1S/C27H42N4O5/c1-7-31(25(34)20(16-21(28)32)30-26(35)36-27(4,5)6)23(22-17(2)12-11-13-18(22)3)24(33)29-19-14-9-8-10-15-19/h11-13,19-20,23H,7-10,14-16H2,1-6H3,(H2,28,32)(H,29,33)(H,30,35). The number of hydrogen-bond acceptors (Lipinski definition) is 5. The maximum Gasteiger partial charge on any atom is 0.408 e. The van der Waals surface area contributed by atoms with Crippen molar-refractivity contribution in [2.75, 3.05) is 6.54 Å². The van der Waals surface area contributed by atoms with Gasteiger partial charge >= 0.3 is 6.09 Å². The molecule has 0 spiro atoms. The number of hydrogen-bond donors (Lipinski definition) is 3. The Morgan fingerprint density at radius 2 is 1.67 bits per heavy atom. The van der Waals surface area contributed by atoms with E-state index in [9.17, 15) is 19.2 Å². The number of ether oxygens (including phenoxy) is 1. The smallest absolute Gasteiger partial charge is 0.408 e. The van der Waals surface area contributed by atoms with Crippen LogP contribution in [0.5, 0.6) is 0 Å². The van der Waals surface area contributed by atoms with Crippen molar-refractivity contribution in [3.05, 3.63) is 34.9 Å².